The van der Waals surface area contributed by atoms with Gasteiger partial charge in [0.2, 0.25) is 0 Å². The highest BCUT2D eigenvalue weighted by molar-refractivity contribution is 5.97. The standard InChI is InChI=1S/C13H12N2O3/c1-9-3-2-4-11(12(9)16)13(17)15-14-7-10-5-6-18-8-10/h2-8,16H,1H3,(H,15,17)/b14-7+. The van der Waals surface area contributed by atoms with E-state index in [1.807, 2.05) is 0 Å². The first-order valence-corrected chi connectivity index (χ1v) is 5.32. The van der Waals surface area contributed by atoms with Crippen LogP contribution in [0.15, 0.2) is 46.3 Å². The minimum atomic E-state index is -0.462. The Morgan fingerprint density at radius 2 is 2.28 bits per heavy atom. The number of nitrogens with one attached hydrogen (secondary N) is 1. The highest BCUT2D eigenvalue weighted by Gasteiger charge is 2.11. The molecule has 0 unspecified atom stereocenters. The summed E-state index contributed by atoms with van der Waals surface area (Å²) in [5.41, 5.74) is 3.91. The van der Waals surface area contributed by atoms with E-state index in [0.29, 0.717) is 5.56 Å². The molecule has 0 bridgehead atoms. The van der Waals surface area contributed by atoms with Gasteiger partial charge in [-0.05, 0) is 24.6 Å². The summed E-state index contributed by atoms with van der Waals surface area (Å²) in [5, 5.41) is 13.5. The Balaban J connectivity index is 2.06. The fraction of sp³-hybridized carbons (Fsp3) is 0.0769. The molecule has 92 valence electrons. The van der Waals surface area contributed by atoms with Crippen LogP contribution in [0.1, 0.15) is 21.5 Å². The Labute approximate surface area is 104 Å². The molecule has 0 radical (unpaired) electrons. The molecule has 1 amide bonds. The summed E-state index contributed by atoms with van der Waals surface area (Å²) in [6, 6.07) is 6.66. The highest BCUT2D eigenvalue weighted by atomic mass is 16.3. The van der Waals surface area contributed by atoms with Crippen LogP contribution in [0.2, 0.25) is 0 Å². The van der Waals surface area contributed by atoms with E-state index in [1.54, 1.807) is 25.1 Å². The summed E-state index contributed by atoms with van der Waals surface area (Å²) in [6.45, 7) is 1.72. The van der Waals surface area contributed by atoms with Gasteiger partial charge in [0.25, 0.3) is 5.91 Å². The van der Waals surface area contributed by atoms with Crippen molar-refractivity contribution >= 4 is 12.1 Å². The number of aromatic hydroxyl groups is 1. The van der Waals surface area contributed by atoms with Crippen LogP contribution in [-0.4, -0.2) is 17.2 Å². The first kappa shape index (κ1) is 11.9. The molecule has 5 heteroatoms. The highest BCUT2D eigenvalue weighted by Crippen LogP contribution is 2.20. The summed E-state index contributed by atoms with van der Waals surface area (Å²) in [7, 11) is 0. The lowest BCUT2D eigenvalue weighted by atomic mass is 10.1. The Hall–Kier alpha value is -2.56. The van der Waals surface area contributed by atoms with E-state index in [9.17, 15) is 9.90 Å². The van der Waals surface area contributed by atoms with E-state index in [0.717, 1.165) is 5.56 Å². The number of benzene rings is 1. The average molecular weight is 244 g/mol. The number of phenolic OH excluding ortho intramolecular Hbond substituents is 1. The fourth-order valence-electron chi connectivity index (χ4n) is 1.42. The summed E-state index contributed by atoms with van der Waals surface area (Å²) in [4.78, 5) is 11.7. The van der Waals surface area contributed by atoms with Gasteiger partial charge in [0.1, 0.15) is 5.75 Å². The molecule has 1 heterocycles. The van der Waals surface area contributed by atoms with Crippen molar-refractivity contribution < 1.29 is 14.3 Å². The fourth-order valence-corrected chi connectivity index (χ4v) is 1.42. The molecular formula is C13H12N2O3. The van der Waals surface area contributed by atoms with Crippen LogP contribution in [-0.2, 0) is 0 Å². The quantitative estimate of drug-likeness (QED) is 0.641. The maximum Gasteiger partial charge on any atom is 0.275 e. The van der Waals surface area contributed by atoms with Crippen LogP contribution in [0.5, 0.6) is 5.75 Å². The zero-order chi connectivity index (χ0) is 13.0. The van der Waals surface area contributed by atoms with E-state index in [4.69, 9.17) is 4.42 Å². The molecule has 0 aliphatic heterocycles. The number of rotatable bonds is 3. The first-order valence-electron chi connectivity index (χ1n) is 5.32. The van der Waals surface area contributed by atoms with Crippen molar-refractivity contribution in [1.82, 2.24) is 5.43 Å². The second kappa shape index (κ2) is 5.18. The van der Waals surface area contributed by atoms with Crippen molar-refractivity contribution in [2.24, 2.45) is 5.10 Å². The van der Waals surface area contributed by atoms with Gasteiger partial charge in [0.15, 0.2) is 0 Å². The number of aryl methyl sites for hydroxylation is 1. The minimum Gasteiger partial charge on any atom is -0.507 e. The van der Waals surface area contributed by atoms with Crippen LogP contribution < -0.4 is 5.43 Å². The summed E-state index contributed by atoms with van der Waals surface area (Å²) in [5.74, 6) is -0.496. The lowest BCUT2D eigenvalue weighted by Gasteiger charge is -2.04. The molecule has 0 aliphatic rings. The van der Waals surface area contributed by atoms with Gasteiger partial charge in [-0.2, -0.15) is 5.10 Å². The van der Waals surface area contributed by atoms with Gasteiger partial charge in [-0.3, -0.25) is 4.79 Å². The van der Waals surface area contributed by atoms with Crippen LogP contribution in [0.3, 0.4) is 0 Å². The van der Waals surface area contributed by atoms with Crippen molar-refractivity contribution in [2.45, 2.75) is 6.92 Å². The van der Waals surface area contributed by atoms with E-state index < -0.39 is 5.91 Å². The number of phenols is 1. The summed E-state index contributed by atoms with van der Waals surface area (Å²) < 4.78 is 4.85. The number of furan rings is 1. The Bertz CT molecular complexity index is 574. The first-order chi connectivity index (χ1) is 8.68. The molecule has 2 aromatic rings. The number of para-hydroxylation sites is 1. The van der Waals surface area contributed by atoms with E-state index in [2.05, 4.69) is 10.5 Å². The molecule has 0 saturated carbocycles. The Morgan fingerprint density at radius 1 is 1.44 bits per heavy atom. The third-order valence-electron chi connectivity index (χ3n) is 2.41. The van der Waals surface area contributed by atoms with Gasteiger partial charge in [-0.25, -0.2) is 5.43 Å². The lowest BCUT2D eigenvalue weighted by molar-refractivity contribution is 0.0952. The normalized spacial score (nSPS) is 10.7. The van der Waals surface area contributed by atoms with E-state index >= 15 is 0 Å². The number of nitrogens with zero attached hydrogens (tertiary/aromatic N) is 1. The minimum absolute atomic E-state index is 0.0338. The SMILES string of the molecule is Cc1cccc(C(=O)N/N=C/c2ccoc2)c1O. The van der Waals surface area contributed by atoms with Gasteiger partial charge in [-0.1, -0.05) is 12.1 Å². The Morgan fingerprint density at radius 3 is 3.00 bits per heavy atom. The number of carbonyl (C=O) groups is 1. The van der Waals surface area contributed by atoms with Crippen LogP contribution >= 0.6 is 0 Å². The zero-order valence-corrected chi connectivity index (χ0v) is 9.75. The topological polar surface area (TPSA) is 74.8 Å². The molecule has 0 fully saturated rings. The average Bonchev–Trinajstić information content (AvgIpc) is 2.85. The molecule has 1 aromatic heterocycles. The lowest BCUT2D eigenvalue weighted by Crippen LogP contribution is -2.17. The number of hydrazone groups is 1. The van der Waals surface area contributed by atoms with Crippen LogP contribution in [0, 0.1) is 6.92 Å². The largest absolute Gasteiger partial charge is 0.507 e. The molecule has 0 spiro atoms. The summed E-state index contributed by atoms with van der Waals surface area (Å²) in [6.07, 6.45) is 4.46. The number of amides is 1. The Kier molecular flexibility index (Phi) is 3.43. The smallest absolute Gasteiger partial charge is 0.275 e. The third kappa shape index (κ3) is 2.57. The molecule has 2 N–H and O–H groups in total. The number of hydrogen-bond acceptors (Lipinski definition) is 4. The van der Waals surface area contributed by atoms with Crippen LogP contribution in [0.4, 0.5) is 0 Å². The van der Waals surface area contributed by atoms with Gasteiger partial charge in [0.05, 0.1) is 24.3 Å². The predicted molar refractivity (Wildman–Crippen MR) is 66.6 cm³/mol. The van der Waals surface area contributed by atoms with Gasteiger partial charge < -0.3 is 9.52 Å². The molecular weight excluding hydrogens is 232 g/mol. The zero-order valence-electron chi connectivity index (χ0n) is 9.75. The van der Waals surface area contributed by atoms with Crippen molar-refractivity contribution in [3.05, 3.63) is 53.5 Å². The second-order valence-corrected chi connectivity index (χ2v) is 3.73. The number of hydrogen-bond donors (Lipinski definition) is 2. The van der Waals surface area contributed by atoms with E-state index in [1.165, 1.54) is 24.8 Å². The second-order valence-electron chi connectivity index (χ2n) is 3.73. The molecule has 18 heavy (non-hydrogen) atoms. The maximum atomic E-state index is 11.7. The molecule has 0 atom stereocenters. The third-order valence-corrected chi connectivity index (χ3v) is 2.41. The van der Waals surface area contributed by atoms with Gasteiger partial charge >= 0.3 is 0 Å². The molecule has 5 nitrogen and oxygen atoms in total. The van der Waals surface area contributed by atoms with Crippen molar-refractivity contribution in [3.63, 3.8) is 0 Å². The molecule has 1 aromatic carbocycles. The molecule has 0 saturated heterocycles. The monoisotopic (exact) mass is 244 g/mol. The van der Waals surface area contributed by atoms with Gasteiger partial charge in [-0.15, -0.1) is 0 Å². The van der Waals surface area contributed by atoms with Crippen molar-refractivity contribution in [3.8, 4) is 5.75 Å². The number of carbonyl (C=O) groups excluding carboxylic acids is 1. The van der Waals surface area contributed by atoms with Crippen molar-refractivity contribution in [2.75, 3.05) is 0 Å². The molecule has 2 rings (SSSR count). The maximum absolute atomic E-state index is 11.7. The summed E-state index contributed by atoms with van der Waals surface area (Å²) >= 11 is 0. The van der Waals surface area contributed by atoms with Crippen molar-refractivity contribution in [1.29, 1.82) is 0 Å². The predicted octanol–water partition coefficient (Wildman–Crippen LogP) is 2.06. The molecule has 0 aliphatic carbocycles. The van der Waals surface area contributed by atoms with E-state index in [-0.39, 0.29) is 11.3 Å². The van der Waals surface area contributed by atoms with Crippen LogP contribution in [0.25, 0.3) is 0 Å². The van der Waals surface area contributed by atoms with Gasteiger partial charge in [0, 0.05) is 5.56 Å².